The highest BCUT2D eigenvalue weighted by molar-refractivity contribution is 5.96. The van der Waals surface area contributed by atoms with Gasteiger partial charge in [-0.25, -0.2) is 0 Å². The average molecular weight is 436 g/mol. The standard InChI is InChI=1S/C29H29N3O/c1-20-18-24(16-17-30-20)22-12-14-26(15-13-22)31-29(33)21(2)23-8-7-9-25(19-23)27-10-5-6-11-28(27)32(3)4/h5-19,21H,1-4H3,(H,31,33). The van der Waals surface area contributed by atoms with Gasteiger partial charge in [-0.05, 0) is 66.4 Å². The van der Waals surface area contributed by atoms with Crippen molar-refractivity contribution in [1.29, 1.82) is 0 Å². The van der Waals surface area contributed by atoms with Crippen LogP contribution < -0.4 is 10.2 Å². The number of nitrogens with one attached hydrogen (secondary N) is 1. The molecule has 4 nitrogen and oxygen atoms in total. The van der Waals surface area contributed by atoms with Crippen LogP contribution in [-0.4, -0.2) is 25.0 Å². The Hall–Kier alpha value is -3.92. The lowest BCUT2D eigenvalue weighted by Gasteiger charge is -2.19. The number of pyridine rings is 1. The molecule has 4 aromatic rings. The topological polar surface area (TPSA) is 45.2 Å². The van der Waals surface area contributed by atoms with Gasteiger partial charge in [-0.1, -0.05) is 54.6 Å². The molecule has 33 heavy (non-hydrogen) atoms. The van der Waals surface area contributed by atoms with E-state index in [1.54, 1.807) is 0 Å². The molecule has 1 aromatic heterocycles. The normalized spacial score (nSPS) is 11.6. The molecule has 4 heteroatoms. The lowest BCUT2D eigenvalue weighted by atomic mass is 9.94. The third-order valence-electron chi connectivity index (χ3n) is 5.86. The minimum atomic E-state index is -0.279. The van der Waals surface area contributed by atoms with Crippen LogP contribution in [0.15, 0.2) is 91.1 Å². The van der Waals surface area contributed by atoms with E-state index in [9.17, 15) is 4.79 Å². The van der Waals surface area contributed by atoms with Crippen LogP contribution in [0.1, 0.15) is 24.1 Å². The van der Waals surface area contributed by atoms with E-state index in [2.05, 4.69) is 45.5 Å². The number of rotatable bonds is 6. The summed E-state index contributed by atoms with van der Waals surface area (Å²) in [4.78, 5) is 19.4. The maximum absolute atomic E-state index is 13.0. The molecule has 0 radical (unpaired) electrons. The first kappa shape index (κ1) is 22.3. The second kappa shape index (κ2) is 9.70. The Balaban J connectivity index is 1.50. The first-order valence-corrected chi connectivity index (χ1v) is 11.1. The zero-order chi connectivity index (χ0) is 23.4. The lowest BCUT2D eigenvalue weighted by molar-refractivity contribution is -0.117. The minimum Gasteiger partial charge on any atom is -0.377 e. The second-order valence-corrected chi connectivity index (χ2v) is 8.51. The van der Waals surface area contributed by atoms with Gasteiger partial charge in [0.25, 0.3) is 0 Å². The zero-order valence-electron chi connectivity index (χ0n) is 19.5. The van der Waals surface area contributed by atoms with Gasteiger partial charge in [0.1, 0.15) is 0 Å². The van der Waals surface area contributed by atoms with Gasteiger partial charge < -0.3 is 10.2 Å². The first-order valence-electron chi connectivity index (χ1n) is 11.1. The summed E-state index contributed by atoms with van der Waals surface area (Å²) in [5.74, 6) is -0.306. The fraction of sp³-hybridized carbons (Fsp3) is 0.172. The molecule has 1 unspecified atom stereocenters. The SMILES string of the molecule is Cc1cc(-c2ccc(NC(=O)C(C)c3cccc(-c4ccccc4N(C)C)c3)cc2)ccn1. The molecule has 4 rings (SSSR count). The van der Waals surface area contributed by atoms with Gasteiger partial charge in [0.2, 0.25) is 5.91 Å². The highest BCUT2D eigenvalue weighted by Gasteiger charge is 2.17. The number of para-hydroxylation sites is 1. The summed E-state index contributed by atoms with van der Waals surface area (Å²) in [6.45, 7) is 3.92. The van der Waals surface area contributed by atoms with Gasteiger partial charge in [0.05, 0.1) is 5.92 Å². The van der Waals surface area contributed by atoms with Crippen molar-refractivity contribution in [3.8, 4) is 22.3 Å². The van der Waals surface area contributed by atoms with E-state index in [0.29, 0.717) is 0 Å². The number of aryl methyl sites for hydroxylation is 1. The smallest absolute Gasteiger partial charge is 0.231 e. The summed E-state index contributed by atoms with van der Waals surface area (Å²) in [7, 11) is 4.08. The molecular formula is C29H29N3O. The van der Waals surface area contributed by atoms with Crippen LogP contribution in [0.5, 0.6) is 0 Å². The Morgan fingerprint density at radius 3 is 2.33 bits per heavy atom. The van der Waals surface area contributed by atoms with Crippen molar-refractivity contribution < 1.29 is 4.79 Å². The van der Waals surface area contributed by atoms with Crippen molar-refractivity contribution >= 4 is 17.3 Å². The van der Waals surface area contributed by atoms with Crippen LogP contribution in [0, 0.1) is 6.92 Å². The van der Waals surface area contributed by atoms with Gasteiger partial charge in [0, 0.05) is 42.9 Å². The minimum absolute atomic E-state index is 0.0273. The second-order valence-electron chi connectivity index (χ2n) is 8.51. The van der Waals surface area contributed by atoms with Crippen molar-refractivity contribution in [3.63, 3.8) is 0 Å². The van der Waals surface area contributed by atoms with Gasteiger partial charge in [-0.15, -0.1) is 0 Å². The van der Waals surface area contributed by atoms with E-state index >= 15 is 0 Å². The summed E-state index contributed by atoms with van der Waals surface area (Å²) in [6, 6.07) is 28.5. The van der Waals surface area contributed by atoms with Crippen molar-refractivity contribution in [2.24, 2.45) is 0 Å². The highest BCUT2D eigenvalue weighted by atomic mass is 16.1. The molecule has 0 aliphatic carbocycles. The molecule has 0 bridgehead atoms. The third kappa shape index (κ3) is 5.12. The number of hydrogen-bond acceptors (Lipinski definition) is 3. The fourth-order valence-electron chi connectivity index (χ4n) is 3.96. The fourth-order valence-corrected chi connectivity index (χ4v) is 3.96. The summed E-state index contributed by atoms with van der Waals surface area (Å²) in [5.41, 5.74) is 8.37. The number of benzene rings is 3. The Labute approximate surface area is 195 Å². The van der Waals surface area contributed by atoms with Crippen molar-refractivity contribution in [1.82, 2.24) is 4.98 Å². The number of nitrogens with zero attached hydrogens (tertiary/aromatic N) is 2. The van der Waals surface area contributed by atoms with E-state index in [-0.39, 0.29) is 11.8 Å². The Kier molecular flexibility index (Phi) is 6.55. The monoisotopic (exact) mass is 435 g/mol. The molecule has 166 valence electrons. The van der Waals surface area contributed by atoms with E-state index in [4.69, 9.17) is 0 Å². The largest absolute Gasteiger partial charge is 0.377 e. The van der Waals surface area contributed by atoms with Gasteiger partial charge in [-0.2, -0.15) is 0 Å². The molecule has 1 heterocycles. The van der Waals surface area contributed by atoms with Crippen LogP contribution in [0.2, 0.25) is 0 Å². The van der Waals surface area contributed by atoms with Crippen LogP contribution in [0.25, 0.3) is 22.3 Å². The molecule has 1 N–H and O–H groups in total. The molecule has 0 aliphatic heterocycles. The first-order chi connectivity index (χ1) is 15.9. The van der Waals surface area contributed by atoms with Crippen molar-refractivity contribution in [3.05, 3.63) is 102 Å². The van der Waals surface area contributed by atoms with Crippen LogP contribution in [-0.2, 0) is 4.79 Å². The zero-order valence-corrected chi connectivity index (χ0v) is 19.5. The van der Waals surface area contributed by atoms with Crippen LogP contribution in [0.3, 0.4) is 0 Å². The van der Waals surface area contributed by atoms with E-state index < -0.39 is 0 Å². The van der Waals surface area contributed by atoms with Gasteiger partial charge in [-0.3, -0.25) is 9.78 Å². The predicted molar refractivity (Wildman–Crippen MR) is 138 cm³/mol. The Morgan fingerprint density at radius 2 is 1.61 bits per heavy atom. The number of hydrogen-bond donors (Lipinski definition) is 1. The Morgan fingerprint density at radius 1 is 0.848 bits per heavy atom. The van der Waals surface area contributed by atoms with Crippen molar-refractivity contribution in [2.45, 2.75) is 19.8 Å². The summed E-state index contributed by atoms with van der Waals surface area (Å²) < 4.78 is 0. The molecule has 3 aromatic carbocycles. The van der Waals surface area contributed by atoms with E-state index in [1.165, 1.54) is 0 Å². The molecule has 0 saturated carbocycles. The maximum Gasteiger partial charge on any atom is 0.231 e. The number of amides is 1. The lowest BCUT2D eigenvalue weighted by Crippen LogP contribution is -2.18. The molecule has 0 aliphatic rings. The summed E-state index contributed by atoms with van der Waals surface area (Å²) >= 11 is 0. The van der Waals surface area contributed by atoms with Crippen LogP contribution in [0.4, 0.5) is 11.4 Å². The summed E-state index contributed by atoms with van der Waals surface area (Å²) in [5, 5.41) is 3.06. The van der Waals surface area contributed by atoms with Crippen molar-refractivity contribution in [2.75, 3.05) is 24.3 Å². The number of aromatic nitrogens is 1. The molecule has 1 amide bonds. The average Bonchev–Trinajstić information content (AvgIpc) is 2.84. The predicted octanol–water partition coefficient (Wildman–Crippen LogP) is 6.53. The number of carbonyl (C=O) groups is 1. The van der Waals surface area contributed by atoms with E-state index in [0.717, 1.165) is 44.9 Å². The van der Waals surface area contributed by atoms with Gasteiger partial charge in [0.15, 0.2) is 0 Å². The van der Waals surface area contributed by atoms with E-state index in [1.807, 2.05) is 88.7 Å². The molecule has 0 saturated heterocycles. The third-order valence-corrected chi connectivity index (χ3v) is 5.86. The molecule has 0 spiro atoms. The maximum atomic E-state index is 13.0. The molecular weight excluding hydrogens is 406 g/mol. The Bertz CT molecular complexity index is 1260. The number of carbonyl (C=O) groups excluding carboxylic acids is 1. The quantitative estimate of drug-likeness (QED) is 0.374. The molecule has 0 fully saturated rings. The van der Waals surface area contributed by atoms with Crippen LogP contribution >= 0.6 is 0 Å². The summed E-state index contributed by atoms with van der Waals surface area (Å²) in [6.07, 6.45) is 1.81. The molecule has 1 atom stereocenters. The highest BCUT2D eigenvalue weighted by Crippen LogP contribution is 2.32. The number of anilines is 2. The van der Waals surface area contributed by atoms with Gasteiger partial charge >= 0.3 is 0 Å².